The lowest BCUT2D eigenvalue weighted by atomic mass is 10.1. The van der Waals surface area contributed by atoms with Gasteiger partial charge in [0.2, 0.25) is 5.91 Å². The number of carbonyl (C=O) groups is 2. The summed E-state index contributed by atoms with van der Waals surface area (Å²) in [6.45, 7) is 3.01. The average Bonchev–Trinajstić information content (AvgIpc) is 3.08. The smallest absolute Gasteiger partial charge is 0.256 e. The van der Waals surface area contributed by atoms with Crippen molar-refractivity contribution in [1.29, 1.82) is 0 Å². The summed E-state index contributed by atoms with van der Waals surface area (Å²) >= 11 is 17.9. The molecule has 1 fully saturated rings. The van der Waals surface area contributed by atoms with E-state index in [0.717, 1.165) is 17.7 Å². The van der Waals surface area contributed by atoms with Crippen LogP contribution in [-0.2, 0) is 16.1 Å². The highest BCUT2D eigenvalue weighted by Crippen LogP contribution is 2.30. The predicted molar refractivity (Wildman–Crippen MR) is 148 cm³/mol. The molecule has 1 N–H and O–H groups in total. The van der Waals surface area contributed by atoms with E-state index in [1.165, 1.54) is 4.90 Å². The van der Waals surface area contributed by atoms with Crippen LogP contribution in [0.4, 0.5) is 11.4 Å². The van der Waals surface area contributed by atoms with Crippen molar-refractivity contribution >= 4 is 63.7 Å². The largest absolute Gasteiger partial charge is 0.494 e. The van der Waals surface area contributed by atoms with Crippen molar-refractivity contribution in [3.05, 3.63) is 88.4 Å². The summed E-state index contributed by atoms with van der Waals surface area (Å²) in [5.74, 6) is 0.152. The zero-order valence-electron chi connectivity index (χ0n) is 19.6. The van der Waals surface area contributed by atoms with Crippen LogP contribution in [0.5, 0.6) is 5.75 Å². The van der Waals surface area contributed by atoms with Gasteiger partial charge in [0.1, 0.15) is 11.8 Å². The Balaban J connectivity index is 1.54. The van der Waals surface area contributed by atoms with E-state index in [9.17, 15) is 9.59 Å². The highest BCUT2D eigenvalue weighted by molar-refractivity contribution is 7.80. The minimum atomic E-state index is -0.778. The zero-order valence-corrected chi connectivity index (χ0v) is 21.9. The Labute approximate surface area is 225 Å². The fourth-order valence-electron chi connectivity index (χ4n) is 3.90. The van der Waals surface area contributed by atoms with Gasteiger partial charge in [0.15, 0.2) is 5.11 Å². The molecule has 4 rings (SSSR count). The summed E-state index contributed by atoms with van der Waals surface area (Å²) < 4.78 is 5.59. The van der Waals surface area contributed by atoms with Gasteiger partial charge >= 0.3 is 0 Å². The standard InChI is InChI=1S/C27H25Cl2N3O3S/c1-2-14-35-23-12-10-21(11-13-23)30-25(33)16-24-26(34)32(22-5-3-4-20(29)15-22)27(36)31(24)17-18-6-8-19(28)9-7-18/h3-13,15,24H,2,14,16-17H2,1H3,(H,30,33). The van der Waals surface area contributed by atoms with E-state index >= 15 is 0 Å². The number of ether oxygens (including phenoxy) is 1. The number of carbonyl (C=O) groups excluding carboxylic acids is 2. The van der Waals surface area contributed by atoms with Gasteiger partial charge in [-0.3, -0.25) is 14.5 Å². The molecule has 0 aromatic heterocycles. The van der Waals surface area contributed by atoms with Crippen molar-refractivity contribution in [3.63, 3.8) is 0 Å². The molecular weight excluding hydrogens is 517 g/mol. The first-order valence-corrected chi connectivity index (χ1v) is 12.7. The molecule has 1 unspecified atom stereocenters. The molecule has 1 saturated heterocycles. The molecule has 0 aliphatic carbocycles. The number of nitrogens with one attached hydrogen (secondary N) is 1. The molecule has 0 saturated carbocycles. The topological polar surface area (TPSA) is 61.9 Å². The van der Waals surface area contributed by atoms with Crippen LogP contribution in [0.3, 0.4) is 0 Å². The van der Waals surface area contributed by atoms with Gasteiger partial charge < -0.3 is 15.0 Å². The molecule has 0 spiro atoms. The fraction of sp³-hybridized carbons (Fsp3) is 0.222. The molecule has 0 bridgehead atoms. The summed E-state index contributed by atoms with van der Waals surface area (Å²) in [6, 6.07) is 20.6. The van der Waals surface area contributed by atoms with Gasteiger partial charge in [-0.25, -0.2) is 0 Å². The maximum absolute atomic E-state index is 13.6. The summed E-state index contributed by atoms with van der Waals surface area (Å²) in [5, 5.41) is 4.28. The minimum absolute atomic E-state index is 0.0717. The zero-order chi connectivity index (χ0) is 25.7. The molecule has 3 aromatic rings. The van der Waals surface area contributed by atoms with Crippen LogP contribution >= 0.6 is 35.4 Å². The van der Waals surface area contributed by atoms with E-state index in [0.29, 0.717) is 39.7 Å². The lowest BCUT2D eigenvalue weighted by molar-refractivity contribution is -0.124. The van der Waals surface area contributed by atoms with Crippen molar-refractivity contribution in [3.8, 4) is 5.75 Å². The van der Waals surface area contributed by atoms with Gasteiger partial charge in [0.05, 0.1) is 18.7 Å². The number of amides is 2. The van der Waals surface area contributed by atoms with Crippen molar-refractivity contribution < 1.29 is 14.3 Å². The molecule has 1 aliphatic heterocycles. The van der Waals surface area contributed by atoms with Crippen molar-refractivity contribution in [2.45, 2.75) is 32.4 Å². The first-order chi connectivity index (χ1) is 17.4. The monoisotopic (exact) mass is 541 g/mol. The molecule has 1 heterocycles. The van der Waals surface area contributed by atoms with Crippen LogP contribution in [0.2, 0.25) is 10.0 Å². The van der Waals surface area contributed by atoms with Crippen LogP contribution in [0.15, 0.2) is 72.8 Å². The molecule has 1 atom stereocenters. The van der Waals surface area contributed by atoms with Gasteiger partial charge in [-0.1, -0.05) is 48.3 Å². The molecule has 0 radical (unpaired) electrons. The number of nitrogens with zero attached hydrogens (tertiary/aromatic N) is 2. The van der Waals surface area contributed by atoms with Crippen molar-refractivity contribution in [2.24, 2.45) is 0 Å². The molecule has 2 amide bonds. The summed E-state index contributed by atoms with van der Waals surface area (Å²) in [5.41, 5.74) is 2.09. The number of anilines is 2. The average molecular weight is 542 g/mol. The molecule has 3 aromatic carbocycles. The predicted octanol–water partition coefficient (Wildman–Crippen LogP) is 6.31. The fourth-order valence-corrected chi connectivity index (χ4v) is 4.59. The SMILES string of the molecule is CCCOc1ccc(NC(=O)CC2C(=O)N(c3cccc(Cl)c3)C(=S)N2Cc2ccc(Cl)cc2)cc1. The van der Waals surface area contributed by atoms with Gasteiger partial charge in [-0.2, -0.15) is 0 Å². The quantitative estimate of drug-likeness (QED) is 0.321. The maximum atomic E-state index is 13.6. The highest BCUT2D eigenvalue weighted by atomic mass is 35.5. The van der Waals surface area contributed by atoms with Gasteiger partial charge in [-0.15, -0.1) is 0 Å². The third kappa shape index (κ3) is 6.16. The Kier molecular flexibility index (Phi) is 8.46. The van der Waals surface area contributed by atoms with E-state index < -0.39 is 6.04 Å². The number of thiocarbonyl (C=S) groups is 1. The first-order valence-electron chi connectivity index (χ1n) is 11.5. The second-order valence-electron chi connectivity index (χ2n) is 8.33. The van der Waals surface area contributed by atoms with Crippen LogP contribution in [0.1, 0.15) is 25.3 Å². The maximum Gasteiger partial charge on any atom is 0.256 e. The number of hydrogen-bond donors (Lipinski definition) is 1. The lowest BCUT2D eigenvalue weighted by Crippen LogP contribution is -2.37. The normalized spacial score (nSPS) is 15.4. The Hall–Kier alpha value is -3.13. The number of halogens is 2. The Bertz CT molecular complexity index is 1250. The Morgan fingerprint density at radius 1 is 1.03 bits per heavy atom. The van der Waals surface area contributed by atoms with E-state index in [2.05, 4.69) is 5.32 Å². The van der Waals surface area contributed by atoms with E-state index in [1.807, 2.05) is 19.1 Å². The molecular formula is C27H25Cl2N3O3S. The third-order valence-electron chi connectivity index (χ3n) is 5.64. The molecule has 1 aliphatic rings. The molecule has 186 valence electrons. The summed E-state index contributed by atoms with van der Waals surface area (Å²) in [6.07, 6.45) is 0.839. The second-order valence-corrected chi connectivity index (χ2v) is 9.57. The molecule has 36 heavy (non-hydrogen) atoms. The third-order valence-corrected chi connectivity index (χ3v) is 6.55. The molecule has 9 heteroatoms. The Morgan fingerprint density at radius 2 is 1.75 bits per heavy atom. The van der Waals surface area contributed by atoms with Crippen molar-refractivity contribution in [1.82, 2.24) is 4.90 Å². The first kappa shape index (κ1) is 25.9. The van der Waals surface area contributed by atoms with Crippen molar-refractivity contribution in [2.75, 3.05) is 16.8 Å². The highest BCUT2D eigenvalue weighted by Gasteiger charge is 2.44. The summed E-state index contributed by atoms with van der Waals surface area (Å²) in [4.78, 5) is 29.8. The van der Waals surface area contributed by atoms with E-state index in [1.54, 1.807) is 65.6 Å². The van der Waals surface area contributed by atoms with Crippen LogP contribution in [0.25, 0.3) is 0 Å². The van der Waals surface area contributed by atoms with Gasteiger partial charge in [0.25, 0.3) is 5.91 Å². The Morgan fingerprint density at radius 3 is 2.42 bits per heavy atom. The molecule has 6 nitrogen and oxygen atoms in total. The second kappa shape index (κ2) is 11.7. The van der Waals surface area contributed by atoms with Crippen LogP contribution < -0.4 is 15.0 Å². The van der Waals surface area contributed by atoms with Crippen LogP contribution in [0, 0.1) is 0 Å². The van der Waals surface area contributed by atoms with E-state index in [-0.39, 0.29) is 18.2 Å². The number of rotatable bonds is 9. The number of benzene rings is 3. The minimum Gasteiger partial charge on any atom is -0.494 e. The lowest BCUT2D eigenvalue weighted by Gasteiger charge is -2.24. The van der Waals surface area contributed by atoms with Gasteiger partial charge in [-0.05, 0) is 78.8 Å². The van der Waals surface area contributed by atoms with E-state index in [4.69, 9.17) is 40.2 Å². The van der Waals surface area contributed by atoms with Gasteiger partial charge in [0, 0.05) is 22.3 Å². The summed E-state index contributed by atoms with van der Waals surface area (Å²) in [7, 11) is 0. The number of hydrogen-bond acceptors (Lipinski definition) is 4. The van der Waals surface area contributed by atoms with Crippen LogP contribution in [-0.4, -0.2) is 34.5 Å².